The molecule has 170 valence electrons. The molecule has 0 bridgehead atoms. The molecule has 3 aromatic carbocycles. The molecule has 1 fully saturated rings. The summed E-state index contributed by atoms with van der Waals surface area (Å²) >= 11 is 0. The Balaban J connectivity index is 1.32. The third-order valence-corrected chi connectivity index (χ3v) is 6.91. The van der Waals surface area contributed by atoms with Crippen molar-refractivity contribution in [3.05, 3.63) is 90.0 Å². The molecular formula is C30H34N2O. The number of aryl methyl sites for hydroxylation is 1. The van der Waals surface area contributed by atoms with Gasteiger partial charge in [-0.25, -0.2) is 0 Å². The van der Waals surface area contributed by atoms with Crippen molar-refractivity contribution in [1.82, 2.24) is 9.47 Å². The highest BCUT2D eigenvalue weighted by Crippen LogP contribution is 2.34. The summed E-state index contributed by atoms with van der Waals surface area (Å²) in [5.74, 6) is 0.963. The lowest BCUT2D eigenvalue weighted by Gasteiger charge is -2.19. The Morgan fingerprint density at radius 1 is 0.758 bits per heavy atom. The molecule has 0 amide bonds. The number of ether oxygens (including phenoxy) is 1. The Morgan fingerprint density at radius 2 is 1.45 bits per heavy atom. The smallest absolute Gasteiger partial charge is 0.119 e. The SMILES string of the molecule is Cc1c(-c2ccccc2)n(Cc2ccc(OCCN3CCCCCC3)cc2)c2ccccc12. The van der Waals surface area contributed by atoms with E-state index in [0.717, 1.165) is 25.4 Å². The van der Waals surface area contributed by atoms with Crippen molar-refractivity contribution in [2.75, 3.05) is 26.2 Å². The molecule has 0 unspecified atom stereocenters. The number of hydrogen-bond donors (Lipinski definition) is 0. The summed E-state index contributed by atoms with van der Waals surface area (Å²) in [5, 5.41) is 1.32. The first-order chi connectivity index (χ1) is 16.3. The monoisotopic (exact) mass is 438 g/mol. The Labute approximate surface area is 197 Å². The first-order valence-electron chi connectivity index (χ1n) is 12.4. The maximum Gasteiger partial charge on any atom is 0.119 e. The van der Waals surface area contributed by atoms with Crippen LogP contribution in [0.3, 0.4) is 0 Å². The molecular weight excluding hydrogens is 404 g/mol. The van der Waals surface area contributed by atoms with Crippen molar-refractivity contribution < 1.29 is 4.74 Å². The van der Waals surface area contributed by atoms with E-state index in [0.29, 0.717) is 0 Å². The normalized spacial score (nSPS) is 14.9. The number of likely N-dealkylation sites (tertiary alicyclic amines) is 1. The lowest BCUT2D eigenvalue weighted by atomic mass is 10.1. The minimum Gasteiger partial charge on any atom is -0.492 e. The molecule has 0 saturated carbocycles. The summed E-state index contributed by atoms with van der Waals surface area (Å²) in [7, 11) is 0. The number of aromatic nitrogens is 1. The van der Waals surface area contributed by atoms with E-state index in [9.17, 15) is 0 Å². The Hall–Kier alpha value is -3.04. The van der Waals surface area contributed by atoms with Crippen molar-refractivity contribution in [1.29, 1.82) is 0 Å². The van der Waals surface area contributed by atoms with Gasteiger partial charge in [-0.2, -0.15) is 0 Å². The molecule has 4 aromatic rings. The lowest BCUT2D eigenvalue weighted by molar-refractivity contribution is 0.214. The van der Waals surface area contributed by atoms with Gasteiger partial charge in [0.1, 0.15) is 12.4 Å². The van der Waals surface area contributed by atoms with Crippen molar-refractivity contribution in [2.45, 2.75) is 39.2 Å². The van der Waals surface area contributed by atoms with Crippen LogP contribution in [0.2, 0.25) is 0 Å². The fourth-order valence-electron chi connectivity index (χ4n) is 5.14. The van der Waals surface area contributed by atoms with E-state index in [4.69, 9.17) is 4.74 Å². The van der Waals surface area contributed by atoms with E-state index >= 15 is 0 Å². The fraction of sp³-hybridized carbons (Fsp3) is 0.333. The third-order valence-electron chi connectivity index (χ3n) is 6.91. The van der Waals surface area contributed by atoms with Crippen LogP contribution in [-0.4, -0.2) is 35.7 Å². The zero-order valence-corrected chi connectivity index (χ0v) is 19.7. The van der Waals surface area contributed by atoms with Gasteiger partial charge in [-0.05, 0) is 67.7 Å². The average Bonchev–Trinajstić information content (AvgIpc) is 3.00. The molecule has 3 nitrogen and oxygen atoms in total. The van der Waals surface area contributed by atoms with Crippen LogP contribution in [0.15, 0.2) is 78.9 Å². The van der Waals surface area contributed by atoms with Gasteiger partial charge in [-0.1, -0.05) is 73.5 Å². The van der Waals surface area contributed by atoms with Gasteiger partial charge in [-0.15, -0.1) is 0 Å². The largest absolute Gasteiger partial charge is 0.492 e. The van der Waals surface area contributed by atoms with Crippen LogP contribution in [0, 0.1) is 6.92 Å². The average molecular weight is 439 g/mol. The molecule has 33 heavy (non-hydrogen) atoms. The summed E-state index contributed by atoms with van der Waals surface area (Å²) in [6, 6.07) is 28.1. The van der Waals surface area contributed by atoms with Gasteiger partial charge in [0.2, 0.25) is 0 Å². The molecule has 1 aliphatic heterocycles. The molecule has 0 radical (unpaired) electrons. The summed E-state index contributed by atoms with van der Waals surface area (Å²) in [6.45, 7) is 7.30. The van der Waals surface area contributed by atoms with E-state index in [-0.39, 0.29) is 0 Å². The van der Waals surface area contributed by atoms with E-state index in [1.165, 1.54) is 72.1 Å². The van der Waals surface area contributed by atoms with Crippen molar-refractivity contribution in [3.63, 3.8) is 0 Å². The highest BCUT2D eigenvalue weighted by molar-refractivity contribution is 5.91. The van der Waals surface area contributed by atoms with Crippen molar-refractivity contribution >= 4 is 10.9 Å². The first kappa shape index (κ1) is 21.8. The summed E-state index contributed by atoms with van der Waals surface area (Å²) in [4.78, 5) is 2.55. The summed E-state index contributed by atoms with van der Waals surface area (Å²) < 4.78 is 8.53. The molecule has 0 atom stereocenters. The quantitative estimate of drug-likeness (QED) is 0.312. The van der Waals surface area contributed by atoms with Gasteiger partial charge in [0.05, 0.1) is 5.69 Å². The summed E-state index contributed by atoms with van der Waals surface area (Å²) in [6.07, 6.45) is 5.41. The zero-order valence-electron chi connectivity index (χ0n) is 19.7. The lowest BCUT2D eigenvalue weighted by Crippen LogP contribution is -2.29. The number of fused-ring (bicyclic) bond motifs is 1. The number of rotatable bonds is 7. The van der Waals surface area contributed by atoms with Gasteiger partial charge in [0, 0.05) is 24.0 Å². The molecule has 0 N–H and O–H groups in total. The van der Waals surface area contributed by atoms with Crippen molar-refractivity contribution in [2.24, 2.45) is 0 Å². The predicted molar refractivity (Wildman–Crippen MR) is 138 cm³/mol. The number of nitrogens with zero attached hydrogens (tertiary/aromatic N) is 2. The standard InChI is InChI=1S/C30H34N2O/c1-24-28-13-7-8-14-29(28)32(30(24)26-11-5-4-6-12-26)23-25-15-17-27(18-16-25)33-22-21-31-19-9-2-3-10-20-31/h4-8,11-18H,2-3,9-10,19-23H2,1H3. The van der Waals surface area contributed by atoms with Crippen molar-refractivity contribution in [3.8, 4) is 17.0 Å². The number of hydrogen-bond acceptors (Lipinski definition) is 2. The molecule has 1 aliphatic rings. The second kappa shape index (κ2) is 10.3. The minimum absolute atomic E-state index is 0.763. The highest BCUT2D eigenvalue weighted by Gasteiger charge is 2.15. The van der Waals surface area contributed by atoms with Crippen LogP contribution >= 0.6 is 0 Å². The second-order valence-corrected chi connectivity index (χ2v) is 9.19. The van der Waals surface area contributed by atoms with Crippen LogP contribution in [0.5, 0.6) is 5.75 Å². The Bertz CT molecular complexity index is 1170. The summed E-state index contributed by atoms with van der Waals surface area (Å²) in [5.41, 5.74) is 6.47. The molecule has 0 aliphatic carbocycles. The third kappa shape index (κ3) is 4.99. The van der Waals surface area contributed by atoms with Crippen LogP contribution < -0.4 is 4.74 Å². The van der Waals surface area contributed by atoms with Gasteiger partial charge >= 0.3 is 0 Å². The number of benzene rings is 3. The molecule has 2 heterocycles. The fourth-order valence-corrected chi connectivity index (χ4v) is 5.14. The maximum absolute atomic E-state index is 6.07. The zero-order chi connectivity index (χ0) is 22.5. The second-order valence-electron chi connectivity index (χ2n) is 9.19. The van der Waals surface area contributed by atoms with Gasteiger partial charge in [0.15, 0.2) is 0 Å². The van der Waals surface area contributed by atoms with E-state index < -0.39 is 0 Å². The molecule has 1 saturated heterocycles. The predicted octanol–water partition coefficient (Wildman–Crippen LogP) is 6.92. The van der Waals surface area contributed by atoms with Gasteiger partial charge in [-0.3, -0.25) is 4.90 Å². The van der Waals surface area contributed by atoms with E-state index in [1.807, 2.05) is 0 Å². The van der Waals surface area contributed by atoms with E-state index in [1.54, 1.807) is 0 Å². The van der Waals surface area contributed by atoms with Gasteiger partial charge in [0.25, 0.3) is 0 Å². The van der Waals surface area contributed by atoms with Crippen LogP contribution in [-0.2, 0) is 6.54 Å². The van der Waals surface area contributed by atoms with Crippen LogP contribution in [0.4, 0.5) is 0 Å². The van der Waals surface area contributed by atoms with E-state index in [2.05, 4.69) is 95.3 Å². The molecule has 0 spiro atoms. The van der Waals surface area contributed by atoms with Crippen LogP contribution in [0.25, 0.3) is 22.2 Å². The topological polar surface area (TPSA) is 17.4 Å². The number of para-hydroxylation sites is 1. The maximum atomic E-state index is 6.07. The Kier molecular flexibility index (Phi) is 6.78. The van der Waals surface area contributed by atoms with Gasteiger partial charge < -0.3 is 9.30 Å². The molecule has 5 rings (SSSR count). The molecule has 3 heteroatoms. The minimum atomic E-state index is 0.763. The molecule has 1 aromatic heterocycles. The van der Waals surface area contributed by atoms with Crippen LogP contribution in [0.1, 0.15) is 36.8 Å². The first-order valence-corrected chi connectivity index (χ1v) is 12.4. The highest BCUT2D eigenvalue weighted by atomic mass is 16.5. The Morgan fingerprint density at radius 3 is 2.21 bits per heavy atom.